The number of aliphatic hydroxyl groups is 1. The normalized spacial score (nSPS) is 14.0. The van der Waals surface area contributed by atoms with Gasteiger partial charge in [-0.25, -0.2) is 4.79 Å². The van der Waals surface area contributed by atoms with Crippen LogP contribution in [0.4, 0.5) is 4.79 Å². The van der Waals surface area contributed by atoms with E-state index in [-0.39, 0.29) is 42.5 Å². The van der Waals surface area contributed by atoms with Crippen molar-refractivity contribution in [3.8, 4) is 0 Å². The van der Waals surface area contributed by atoms with E-state index >= 15 is 0 Å². The maximum Gasteiger partial charge on any atom is 0.407 e. The zero-order chi connectivity index (χ0) is 18.5. The maximum atomic E-state index is 12.0. The van der Waals surface area contributed by atoms with Crippen LogP contribution in [0.5, 0.6) is 0 Å². The number of allylic oxidation sites excluding steroid dienone is 2. The molecule has 1 unspecified atom stereocenters. The number of ketones is 2. The smallest absolute Gasteiger partial charge is 0.407 e. The third kappa shape index (κ3) is 3.89. The van der Waals surface area contributed by atoms with Gasteiger partial charge >= 0.3 is 6.09 Å². The van der Waals surface area contributed by atoms with Crippen LogP contribution in [0, 0.1) is 0 Å². The molecule has 1 amide bonds. The monoisotopic (exact) mass is 354 g/mol. The summed E-state index contributed by atoms with van der Waals surface area (Å²) in [6, 6.07) is 8.57. The van der Waals surface area contributed by atoms with Crippen LogP contribution in [-0.4, -0.2) is 40.4 Å². The first-order valence-corrected chi connectivity index (χ1v) is 8.13. The third-order valence-corrected chi connectivity index (χ3v) is 4.06. The van der Waals surface area contributed by atoms with E-state index in [0.29, 0.717) is 5.56 Å². The molecule has 1 heterocycles. The molecule has 1 atom stereocenters. The summed E-state index contributed by atoms with van der Waals surface area (Å²) in [5.74, 6) is -0.555. The Labute approximate surface area is 149 Å². The van der Waals surface area contributed by atoms with Crippen molar-refractivity contribution in [1.82, 2.24) is 10.3 Å². The van der Waals surface area contributed by atoms with Crippen molar-refractivity contribution in [2.45, 2.75) is 19.1 Å². The van der Waals surface area contributed by atoms with Crippen LogP contribution in [-0.2, 0) is 17.8 Å². The van der Waals surface area contributed by atoms with Gasteiger partial charge in [-0.15, -0.1) is 0 Å². The second-order valence-corrected chi connectivity index (χ2v) is 5.92. The fraction of sp³-hybridized carbons (Fsp3) is 0.211. The summed E-state index contributed by atoms with van der Waals surface area (Å²) in [5, 5.41) is 12.1. The molecule has 0 saturated carbocycles. The van der Waals surface area contributed by atoms with Crippen LogP contribution in [0.25, 0.3) is 0 Å². The minimum atomic E-state index is -0.667. The molecule has 0 radical (unpaired) electrons. The van der Waals surface area contributed by atoms with Crippen molar-refractivity contribution < 1.29 is 24.2 Å². The van der Waals surface area contributed by atoms with Crippen LogP contribution in [0.2, 0.25) is 0 Å². The number of nitrogens with one attached hydrogen (secondary N) is 2. The van der Waals surface area contributed by atoms with Gasteiger partial charge in [0.05, 0.1) is 23.9 Å². The second kappa shape index (κ2) is 7.79. The van der Waals surface area contributed by atoms with Crippen LogP contribution in [0.3, 0.4) is 0 Å². The van der Waals surface area contributed by atoms with Gasteiger partial charge in [0.25, 0.3) is 0 Å². The Morgan fingerprint density at radius 1 is 1.15 bits per heavy atom. The molecule has 0 fully saturated rings. The van der Waals surface area contributed by atoms with Gasteiger partial charge in [-0.05, 0) is 29.7 Å². The van der Waals surface area contributed by atoms with Crippen molar-refractivity contribution in [3.63, 3.8) is 0 Å². The van der Waals surface area contributed by atoms with Crippen molar-refractivity contribution in [1.29, 1.82) is 0 Å². The fourth-order valence-electron chi connectivity index (χ4n) is 2.78. The molecular formula is C19H18N2O5. The minimum absolute atomic E-state index is 0.113. The largest absolute Gasteiger partial charge is 0.445 e. The van der Waals surface area contributed by atoms with E-state index in [1.807, 2.05) is 30.3 Å². The first-order valence-electron chi connectivity index (χ1n) is 8.13. The molecule has 7 nitrogen and oxygen atoms in total. The Morgan fingerprint density at radius 3 is 2.62 bits per heavy atom. The third-order valence-electron chi connectivity index (χ3n) is 4.06. The molecule has 0 saturated heterocycles. The molecule has 3 rings (SSSR count). The van der Waals surface area contributed by atoms with Crippen LogP contribution >= 0.6 is 0 Å². The highest BCUT2D eigenvalue weighted by Crippen LogP contribution is 2.21. The summed E-state index contributed by atoms with van der Waals surface area (Å²) in [6.45, 7) is -0.222. The number of benzene rings is 1. The molecule has 1 aromatic heterocycles. The Bertz CT molecular complexity index is 854. The first kappa shape index (κ1) is 17.6. The van der Waals surface area contributed by atoms with E-state index < -0.39 is 12.1 Å². The molecule has 1 aliphatic carbocycles. The topological polar surface area (TPSA) is 108 Å². The van der Waals surface area contributed by atoms with E-state index in [2.05, 4.69) is 10.3 Å². The number of ether oxygens (including phenoxy) is 1. The molecule has 7 heteroatoms. The number of alkyl carbamates (subject to hydrolysis) is 1. The average Bonchev–Trinajstić information content (AvgIpc) is 3.08. The highest BCUT2D eigenvalue weighted by molar-refractivity contribution is 6.22. The van der Waals surface area contributed by atoms with Gasteiger partial charge in [0, 0.05) is 6.20 Å². The Hall–Kier alpha value is -3.19. The van der Waals surface area contributed by atoms with E-state index in [9.17, 15) is 19.5 Å². The Balaban J connectivity index is 1.61. The number of hydrogen-bond donors (Lipinski definition) is 3. The van der Waals surface area contributed by atoms with Gasteiger partial charge in [-0.1, -0.05) is 30.3 Å². The number of rotatable bonds is 6. The van der Waals surface area contributed by atoms with Crippen molar-refractivity contribution >= 4 is 17.7 Å². The van der Waals surface area contributed by atoms with Crippen LogP contribution in [0.1, 0.15) is 32.0 Å². The Kier molecular flexibility index (Phi) is 5.28. The van der Waals surface area contributed by atoms with Gasteiger partial charge < -0.3 is 20.1 Å². The number of aromatic amines is 1. The molecule has 1 aromatic carbocycles. The summed E-state index contributed by atoms with van der Waals surface area (Å²) in [4.78, 5) is 38.5. The number of hydrogen-bond acceptors (Lipinski definition) is 5. The summed E-state index contributed by atoms with van der Waals surface area (Å²) in [5.41, 5.74) is 1.93. The summed E-state index contributed by atoms with van der Waals surface area (Å²) >= 11 is 0. The number of aromatic nitrogens is 1. The van der Waals surface area contributed by atoms with Gasteiger partial charge in [0.2, 0.25) is 5.78 Å². The molecule has 0 spiro atoms. The van der Waals surface area contributed by atoms with Crippen molar-refractivity contribution in [2.24, 2.45) is 0 Å². The lowest BCUT2D eigenvalue weighted by Gasteiger charge is -2.17. The number of H-pyrrole nitrogens is 1. The lowest BCUT2D eigenvalue weighted by Crippen LogP contribution is -2.39. The van der Waals surface area contributed by atoms with E-state index in [1.54, 1.807) is 6.20 Å². The molecule has 2 aromatic rings. The number of carbonyl (C=O) groups is 3. The predicted molar refractivity (Wildman–Crippen MR) is 92.9 cm³/mol. The first-order chi connectivity index (χ1) is 12.6. The number of aliphatic hydroxyl groups excluding tert-OH is 1. The Morgan fingerprint density at radius 2 is 1.88 bits per heavy atom. The summed E-state index contributed by atoms with van der Waals surface area (Å²) in [7, 11) is 0. The molecule has 134 valence electrons. The quantitative estimate of drug-likeness (QED) is 0.733. The predicted octanol–water partition coefficient (Wildman–Crippen LogP) is 1.78. The maximum absolute atomic E-state index is 12.0. The van der Waals surface area contributed by atoms with Crippen molar-refractivity contribution in [2.75, 3.05) is 6.61 Å². The zero-order valence-electron chi connectivity index (χ0n) is 13.9. The molecule has 26 heavy (non-hydrogen) atoms. The molecule has 0 aliphatic heterocycles. The average molecular weight is 354 g/mol. The molecule has 3 N–H and O–H groups in total. The minimum Gasteiger partial charge on any atom is -0.445 e. The van der Waals surface area contributed by atoms with E-state index in [4.69, 9.17) is 4.74 Å². The lowest BCUT2D eigenvalue weighted by molar-refractivity contribution is 0.0991. The SMILES string of the molecule is O=C(NC(CO)Cc1c[nH]c2c1C(=O)C=CC2=O)OCc1ccccc1. The zero-order valence-corrected chi connectivity index (χ0v) is 13.9. The van der Waals surface area contributed by atoms with Gasteiger partial charge in [0.1, 0.15) is 6.61 Å². The van der Waals surface area contributed by atoms with Gasteiger partial charge in [-0.2, -0.15) is 0 Å². The van der Waals surface area contributed by atoms with Gasteiger partial charge in [0.15, 0.2) is 5.78 Å². The molecule has 0 bridgehead atoms. The summed E-state index contributed by atoms with van der Waals surface area (Å²) < 4.78 is 5.13. The summed E-state index contributed by atoms with van der Waals surface area (Å²) in [6.07, 6.45) is 3.51. The molecular weight excluding hydrogens is 336 g/mol. The highest BCUT2D eigenvalue weighted by atomic mass is 16.5. The van der Waals surface area contributed by atoms with Crippen molar-refractivity contribution in [3.05, 3.63) is 71.1 Å². The van der Waals surface area contributed by atoms with Gasteiger partial charge in [-0.3, -0.25) is 9.59 Å². The highest BCUT2D eigenvalue weighted by Gasteiger charge is 2.26. The van der Waals surface area contributed by atoms with Crippen LogP contribution in [0.15, 0.2) is 48.7 Å². The standard InChI is InChI=1S/C19H18N2O5/c22-10-14(21-19(25)26-11-12-4-2-1-3-5-12)8-13-9-20-18-16(24)7-6-15(23)17(13)18/h1-7,9,14,20,22H,8,10-11H2,(H,21,25). The van der Waals surface area contributed by atoms with Crippen LogP contribution < -0.4 is 5.32 Å². The number of fused-ring (bicyclic) bond motifs is 1. The fourth-order valence-corrected chi connectivity index (χ4v) is 2.78. The second-order valence-electron chi connectivity index (χ2n) is 5.92. The lowest BCUT2D eigenvalue weighted by atomic mass is 9.95. The molecule has 1 aliphatic rings. The number of amides is 1. The van der Waals surface area contributed by atoms with E-state index in [0.717, 1.165) is 5.56 Å². The van der Waals surface area contributed by atoms with E-state index in [1.165, 1.54) is 12.2 Å². The number of carbonyl (C=O) groups excluding carboxylic acids is 3.